The topological polar surface area (TPSA) is 32.8 Å². The summed E-state index contributed by atoms with van der Waals surface area (Å²) in [5, 5.41) is 0. The zero-order valence-corrected chi connectivity index (χ0v) is 20.0. The second kappa shape index (κ2) is 16.0. The zero-order valence-electron chi connectivity index (χ0n) is 18.4. The van der Waals surface area contributed by atoms with Crippen LogP contribution in [0.15, 0.2) is 30.3 Å². The van der Waals surface area contributed by atoms with Gasteiger partial charge < -0.3 is 9.64 Å². The molecule has 0 heterocycles. The van der Waals surface area contributed by atoms with E-state index in [1.54, 1.807) is 0 Å². The van der Waals surface area contributed by atoms with Crippen molar-refractivity contribution in [3.8, 4) is 0 Å². The summed E-state index contributed by atoms with van der Waals surface area (Å²) < 4.78 is 5.94. The van der Waals surface area contributed by atoms with Crippen molar-refractivity contribution in [3.63, 3.8) is 0 Å². The maximum Gasteiger partial charge on any atom is 0.338 e. The molecule has 1 aromatic carbocycles. The number of ether oxygens (including phenoxy) is 1. The Balaban J connectivity index is 0. The van der Waals surface area contributed by atoms with Gasteiger partial charge in [0.25, 0.3) is 0 Å². The molecule has 0 amide bonds. The van der Waals surface area contributed by atoms with Crippen molar-refractivity contribution < 1.29 is 9.53 Å². The summed E-state index contributed by atoms with van der Waals surface area (Å²) in [6.45, 7) is 18.8. The molecule has 6 heteroatoms. The molecule has 0 aliphatic heterocycles. The number of rotatable bonds is 12. The summed E-state index contributed by atoms with van der Waals surface area (Å²) in [5.74, 6) is 0.956. The predicted octanol–water partition coefficient (Wildman–Crippen LogP) is 5.01. The number of carbonyl (C=O) groups is 1. The molecule has 0 aromatic heterocycles. The van der Waals surface area contributed by atoms with E-state index in [9.17, 15) is 4.79 Å². The van der Waals surface area contributed by atoms with E-state index in [1.165, 1.54) is 0 Å². The molecule has 0 saturated carbocycles. The van der Waals surface area contributed by atoms with Crippen molar-refractivity contribution >= 4 is 30.8 Å². The Kier molecular flexibility index (Phi) is 16.8. The predicted molar refractivity (Wildman–Crippen MR) is 124 cm³/mol. The van der Waals surface area contributed by atoms with Crippen LogP contribution in [0.4, 0.5) is 0 Å². The van der Waals surface area contributed by atoms with E-state index < -0.39 is 0 Å². The minimum absolute atomic E-state index is 0. The van der Waals surface area contributed by atoms with E-state index in [1.807, 2.05) is 30.3 Å². The summed E-state index contributed by atoms with van der Waals surface area (Å²) in [6.07, 6.45) is -0.125. The van der Waals surface area contributed by atoms with Crippen LogP contribution >= 0.6 is 24.8 Å². The third kappa shape index (κ3) is 11.9. The number of esters is 1. The van der Waals surface area contributed by atoms with Crippen LogP contribution in [0.3, 0.4) is 0 Å². The fraction of sp³-hybridized carbons (Fsp3) is 0.682. The van der Waals surface area contributed by atoms with Crippen LogP contribution in [0.2, 0.25) is 0 Å². The van der Waals surface area contributed by atoms with Crippen LogP contribution in [0, 0.1) is 11.8 Å². The van der Waals surface area contributed by atoms with Gasteiger partial charge in [0.15, 0.2) is 0 Å². The van der Waals surface area contributed by atoms with Crippen molar-refractivity contribution in [2.24, 2.45) is 11.8 Å². The van der Waals surface area contributed by atoms with Gasteiger partial charge in [0, 0.05) is 26.2 Å². The first-order valence-electron chi connectivity index (χ1n) is 10.1. The summed E-state index contributed by atoms with van der Waals surface area (Å²) in [5.41, 5.74) is 0.622. The monoisotopic (exact) mass is 434 g/mol. The Hall–Kier alpha value is -0.810. The van der Waals surface area contributed by atoms with Crippen molar-refractivity contribution in [2.45, 2.75) is 47.6 Å². The van der Waals surface area contributed by atoms with E-state index in [4.69, 9.17) is 4.74 Å². The summed E-state index contributed by atoms with van der Waals surface area (Å²) in [4.78, 5) is 17.4. The van der Waals surface area contributed by atoms with Gasteiger partial charge >= 0.3 is 5.97 Å². The Morgan fingerprint density at radius 3 is 1.71 bits per heavy atom. The minimum atomic E-state index is -0.225. The van der Waals surface area contributed by atoms with Crippen molar-refractivity contribution in [1.29, 1.82) is 0 Å². The number of nitrogens with zero attached hydrogens (tertiary/aromatic N) is 2. The summed E-state index contributed by atoms with van der Waals surface area (Å²) in [7, 11) is 0. The molecule has 164 valence electrons. The number of halogens is 2. The Morgan fingerprint density at radius 2 is 1.29 bits per heavy atom. The zero-order chi connectivity index (χ0) is 19.5. The average Bonchev–Trinajstić information content (AvgIpc) is 2.58. The quantitative estimate of drug-likeness (QED) is 0.432. The lowest BCUT2D eigenvalue weighted by atomic mass is 10.1. The van der Waals surface area contributed by atoms with Gasteiger partial charge in [-0.15, -0.1) is 24.8 Å². The highest BCUT2D eigenvalue weighted by atomic mass is 35.5. The molecule has 1 rings (SSSR count). The minimum Gasteiger partial charge on any atom is -0.456 e. The molecule has 0 spiro atoms. The molecule has 0 radical (unpaired) electrons. The molecule has 4 nitrogen and oxygen atoms in total. The first-order valence-corrected chi connectivity index (χ1v) is 10.1. The molecule has 0 N–H and O–H groups in total. The number of hydrogen-bond donors (Lipinski definition) is 0. The molecular weight excluding hydrogens is 395 g/mol. The van der Waals surface area contributed by atoms with Crippen LogP contribution < -0.4 is 0 Å². The lowest BCUT2D eigenvalue weighted by Gasteiger charge is -2.32. The van der Waals surface area contributed by atoms with Gasteiger partial charge in [-0.2, -0.15) is 0 Å². The van der Waals surface area contributed by atoms with Crippen LogP contribution in [0.1, 0.15) is 51.9 Å². The van der Waals surface area contributed by atoms with Crippen LogP contribution in [-0.2, 0) is 4.74 Å². The Bertz CT molecular complexity index is 499. The third-order valence-corrected chi connectivity index (χ3v) is 4.35. The molecule has 28 heavy (non-hydrogen) atoms. The van der Waals surface area contributed by atoms with Crippen LogP contribution in [0.25, 0.3) is 0 Å². The fourth-order valence-corrected chi connectivity index (χ4v) is 3.24. The van der Waals surface area contributed by atoms with E-state index >= 15 is 0 Å². The SMILES string of the molecule is CCN(CC)CC(CN(CC(C)C)CC(C)C)OC(=O)c1ccccc1.Cl.Cl. The first kappa shape index (κ1) is 29.4. The van der Waals surface area contributed by atoms with Gasteiger partial charge in [-0.1, -0.05) is 59.7 Å². The summed E-state index contributed by atoms with van der Waals surface area (Å²) in [6, 6.07) is 9.30. The lowest BCUT2D eigenvalue weighted by Crippen LogP contribution is -2.44. The standard InChI is InChI=1S/C22H38N2O2.2ClH/c1-7-23(8-2)16-21(17-24(14-18(3)4)15-19(5)6)26-22(25)20-12-10-9-11-13-20;;/h9-13,18-19,21H,7-8,14-17H2,1-6H3;2*1H. The largest absolute Gasteiger partial charge is 0.456 e. The van der Waals surface area contributed by atoms with Gasteiger partial charge in [-0.3, -0.25) is 4.90 Å². The Labute approximate surface area is 184 Å². The van der Waals surface area contributed by atoms with Gasteiger partial charge in [-0.25, -0.2) is 4.79 Å². The van der Waals surface area contributed by atoms with Crippen LogP contribution in [0.5, 0.6) is 0 Å². The Morgan fingerprint density at radius 1 is 0.821 bits per heavy atom. The molecule has 0 aliphatic rings. The van der Waals surface area contributed by atoms with Gasteiger partial charge in [0.05, 0.1) is 5.56 Å². The van der Waals surface area contributed by atoms with Crippen molar-refractivity contribution in [2.75, 3.05) is 39.3 Å². The second-order valence-electron chi connectivity index (χ2n) is 7.89. The molecule has 1 aromatic rings. The highest BCUT2D eigenvalue weighted by molar-refractivity contribution is 5.89. The summed E-state index contributed by atoms with van der Waals surface area (Å²) >= 11 is 0. The molecular formula is C22H40Cl2N2O2. The highest BCUT2D eigenvalue weighted by Crippen LogP contribution is 2.11. The maximum absolute atomic E-state index is 12.6. The molecule has 0 fully saturated rings. The third-order valence-electron chi connectivity index (χ3n) is 4.35. The number of hydrogen-bond acceptors (Lipinski definition) is 4. The molecule has 0 aliphatic carbocycles. The van der Waals surface area contributed by atoms with Gasteiger partial charge in [0.2, 0.25) is 0 Å². The highest BCUT2D eigenvalue weighted by Gasteiger charge is 2.22. The second-order valence-corrected chi connectivity index (χ2v) is 7.89. The number of benzene rings is 1. The first-order chi connectivity index (χ1) is 12.3. The maximum atomic E-state index is 12.6. The van der Waals surface area contributed by atoms with E-state index in [0.29, 0.717) is 17.4 Å². The number of likely N-dealkylation sites (N-methyl/N-ethyl adjacent to an activating group) is 1. The molecule has 1 atom stereocenters. The normalized spacial score (nSPS) is 12.1. The molecule has 0 saturated heterocycles. The molecule has 0 bridgehead atoms. The molecule has 1 unspecified atom stereocenters. The van der Waals surface area contributed by atoms with Crippen molar-refractivity contribution in [1.82, 2.24) is 9.80 Å². The smallest absolute Gasteiger partial charge is 0.338 e. The van der Waals surface area contributed by atoms with E-state index in [0.717, 1.165) is 39.3 Å². The average molecular weight is 435 g/mol. The van der Waals surface area contributed by atoms with E-state index in [2.05, 4.69) is 51.3 Å². The number of carbonyl (C=O) groups excluding carboxylic acids is 1. The van der Waals surface area contributed by atoms with Gasteiger partial charge in [-0.05, 0) is 37.1 Å². The fourth-order valence-electron chi connectivity index (χ4n) is 3.24. The van der Waals surface area contributed by atoms with Crippen molar-refractivity contribution in [3.05, 3.63) is 35.9 Å². The lowest BCUT2D eigenvalue weighted by molar-refractivity contribution is 0.00760. The van der Waals surface area contributed by atoms with Crippen LogP contribution in [-0.4, -0.2) is 61.1 Å². The van der Waals surface area contributed by atoms with E-state index in [-0.39, 0.29) is 36.9 Å². The van der Waals surface area contributed by atoms with Gasteiger partial charge in [0.1, 0.15) is 6.10 Å².